The third-order valence-electron chi connectivity index (χ3n) is 1.86. The molecule has 0 aliphatic rings. The van der Waals surface area contributed by atoms with Crippen molar-refractivity contribution in [3.8, 4) is 6.07 Å². The minimum atomic E-state index is -1.65. The van der Waals surface area contributed by atoms with Gasteiger partial charge in [-0.2, -0.15) is 5.26 Å². The molecular weight excluding hydrogens is 236 g/mol. The van der Waals surface area contributed by atoms with Crippen LogP contribution in [-0.2, 0) is 0 Å². The molecule has 0 saturated carbocycles. The van der Waals surface area contributed by atoms with E-state index in [1.165, 1.54) is 6.07 Å². The van der Waals surface area contributed by atoms with Crippen molar-refractivity contribution in [1.29, 1.82) is 5.26 Å². The van der Waals surface area contributed by atoms with Crippen LogP contribution in [0.1, 0.15) is 22.0 Å². The third-order valence-corrected chi connectivity index (χ3v) is 2.16. The van der Waals surface area contributed by atoms with Crippen molar-refractivity contribution in [2.24, 2.45) is 0 Å². The van der Waals surface area contributed by atoms with Crippen molar-refractivity contribution in [1.82, 2.24) is 4.98 Å². The molecule has 0 fully saturated rings. The molecule has 0 bridgehead atoms. The number of aliphatic hydroxyl groups is 2. The van der Waals surface area contributed by atoms with Gasteiger partial charge < -0.3 is 15.3 Å². The van der Waals surface area contributed by atoms with E-state index in [1.54, 1.807) is 0 Å². The summed E-state index contributed by atoms with van der Waals surface area (Å²) in [4.78, 5) is 14.2. The highest BCUT2D eigenvalue weighted by atomic mass is 35.5. The predicted molar refractivity (Wildman–Crippen MR) is 52.8 cm³/mol. The lowest BCUT2D eigenvalue weighted by atomic mass is 10.1. The molecule has 0 saturated heterocycles. The Morgan fingerprint density at radius 2 is 2.19 bits per heavy atom. The number of carboxylic acid groups (broad SMARTS) is 1. The van der Waals surface area contributed by atoms with E-state index in [1.807, 2.05) is 0 Å². The van der Waals surface area contributed by atoms with Crippen molar-refractivity contribution in [3.63, 3.8) is 0 Å². The normalized spacial score (nSPS) is 13.9. The first kappa shape index (κ1) is 12.4. The van der Waals surface area contributed by atoms with Crippen LogP contribution < -0.4 is 0 Å². The molecule has 1 aromatic heterocycles. The van der Waals surface area contributed by atoms with Crippen molar-refractivity contribution in [2.45, 2.75) is 12.2 Å². The molecule has 1 aromatic rings. The second kappa shape index (κ2) is 4.90. The Hall–Kier alpha value is -1.68. The van der Waals surface area contributed by atoms with Gasteiger partial charge in [0.15, 0.2) is 6.10 Å². The lowest BCUT2D eigenvalue weighted by Crippen LogP contribution is -2.16. The van der Waals surface area contributed by atoms with Gasteiger partial charge in [-0.25, -0.2) is 9.78 Å². The summed E-state index contributed by atoms with van der Waals surface area (Å²) in [6.07, 6.45) is -2.07. The molecule has 16 heavy (non-hydrogen) atoms. The number of halogens is 1. The van der Waals surface area contributed by atoms with Gasteiger partial charge >= 0.3 is 5.97 Å². The van der Waals surface area contributed by atoms with E-state index in [9.17, 15) is 9.90 Å². The first-order valence-electron chi connectivity index (χ1n) is 4.12. The maximum Gasteiger partial charge on any atom is 0.338 e. The number of hydrogen-bond acceptors (Lipinski definition) is 5. The number of nitriles is 1. The van der Waals surface area contributed by atoms with Crippen LogP contribution in [0.15, 0.2) is 12.3 Å². The minimum absolute atomic E-state index is 0.0100. The number of nitrogens with zero attached hydrogens (tertiary/aromatic N) is 2. The zero-order valence-electron chi connectivity index (χ0n) is 7.83. The minimum Gasteiger partial charge on any atom is -0.478 e. The fraction of sp³-hybridized carbons (Fsp3) is 0.222. The highest BCUT2D eigenvalue weighted by Crippen LogP contribution is 2.21. The average molecular weight is 243 g/mol. The lowest BCUT2D eigenvalue weighted by molar-refractivity contribution is 0.0523. The number of pyridine rings is 1. The van der Waals surface area contributed by atoms with Crippen molar-refractivity contribution in [2.75, 3.05) is 0 Å². The molecule has 0 aromatic carbocycles. The van der Waals surface area contributed by atoms with Crippen LogP contribution in [0.2, 0.25) is 5.15 Å². The highest BCUT2D eigenvalue weighted by molar-refractivity contribution is 6.32. The Balaban J connectivity index is 3.13. The average Bonchev–Trinajstić information content (AvgIpc) is 2.27. The molecule has 84 valence electrons. The zero-order chi connectivity index (χ0) is 12.3. The van der Waals surface area contributed by atoms with Crippen LogP contribution in [0, 0.1) is 11.3 Å². The zero-order valence-corrected chi connectivity index (χ0v) is 8.59. The molecule has 0 amide bonds. The number of rotatable bonds is 3. The van der Waals surface area contributed by atoms with Gasteiger partial charge in [-0.1, -0.05) is 11.6 Å². The predicted octanol–water partition coefficient (Wildman–Crippen LogP) is 0.351. The SMILES string of the molecule is N#CC(O)C(O)c1cnc(Cl)c(C(=O)O)c1. The Morgan fingerprint density at radius 3 is 2.69 bits per heavy atom. The summed E-state index contributed by atoms with van der Waals surface area (Å²) in [6.45, 7) is 0. The molecule has 0 radical (unpaired) electrons. The van der Waals surface area contributed by atoms with Crippen LogP contribution in [-0.4, -0.2) is 32.4 Å². The molecular formula is C9H7ClN2O4. The van der Waals surface area contributed by atoms with Gasteiger partial charge in [0.25, 0.3) is 0 Å². The molecule has 2 atom stereocenters. The smallest absolute Gasteiger partial charge is 0.338 e. The number of carboxylic acids is 1. The van der Waals surface area contributed by atoms with Crippen LogP contribution in [0.5, 0.6) is 0 Å². The van der Waals surface area contributed by atoms with E-state index in [4.69, 9.17) is 27.1 Å². The highest BCUT2D eigenvalue weighted by Gasteiger charge is 2.20. The Labute approximate surface area is 95.4 Å². The molecule has 1 rings (SSSR count). The number of aromatic nitrogens is 1. The Kier molecular flexibility index (Phi) is 3.79. The molecule has 3 N–H and O–H groups in total. The van der Waals surface area contributed by atoms with Gasteiger partial charge in [0.05, 0.1) is 11.6 Å². The van der Waals surface area contributed by atoms with Crippen LogP contribution >= 0.6 is 11.6 Å². The van der Waals surface area contributed by atoms with E-state index >= 15 is 0 Å². The topological polar surface area (TPSA) is 114 Å². The van der Waals surface area contributed by atoms with Gasteiger partial charge in [-0.05, 0) is 6.07 Å². The monoisotopic (exact) mass is 242 g/mol. The number of carbonyl (C=O) groups is 1. The van der Waals surface area contributed by atoms with Crippen molar-refractivity contribution < 1.29 is 20.1 Å². The first-order chi connectivity index (χ1) is 7.47. The first-order valence-corrected chi connectivity index (χ1v) is 4.49. The second-order valence-corrected chi connectivity index (χ2v) is 3.29. The van der Waals surface area contributed by atoms with Gasteiger partial charge in [-0.15, -0.1) is 0 Å². The standard InChI is InChI=1S/C9H7ClN2O4/c10-8-5(9(15)16)1-4(3-12-8)7(14)6(13)2-11/h1,3,6-7,13-14H,(H,15,16). The largest absolute Gasteiger partial charge is 0.478 e. The van der Waals surface area contributed by atoms with E-state index in [0.717, 1.165) is 12.3 Å². The van der Waals surface area contributed by atoms with Crippen LogP contribution in [0.25, 0.3) is 0 Å². The summed E-state index contributed by atoms with van der Waals surface area (Å²) in [5.41, 5.74) is -0.292. The summed E-state index contributed by atoms with van der Waals surface area (Å²) in [7, 11) is 0. The molecule has 0 aliphatic carbocycles. The summed E-state index contributed by atoms with van der Waals surface area (Å²) in [5.74, 6) is -1.31. The molecule has 1 heterocycles. The summed E-state index contributed by atoms with van der Waals surface area (Å²) in [5, 5.41) is 35.4. The lowest BCUT2D eigenvalue weighted by Gasteiger charge is -2.12. The molecule has 0 aliphatic heterocycles. The van der Waals surface area contributed by atoms with Gasteiger partial charge in [0.2, 0.25) is 0 Å². The maximum atomic E-state index is 10.7. The van der Waals surface area contributed by atoms with Crippen LogP contribution in [0.3, 0.4) is 0 Å². The van der Waals surface area contributed by atoms with Gasteiger partial charge in [-0.3, -0.25) is 0 Å². The van der Waals surface area contributed by atoms with Crippen LogP contribution in [0.4, 0.5) is 0 Å². The Bertz CT molecular complexity index is 457. The van der Waals surface area contributed by atoms with Crippen molar-refractivity contribution >= 4 is 17.6 Å². The fourth-order valence-electron chi connectivity index (χ4n) is 1.03. The number of aromatic carboxylic acids is 1. The number of aliphatic hydroxyl groups excluding tert-OH is 2. The van der Waals surface area contributed by atoms with E-state index in [0.29, 0.717) is 0 Å². The molecule has 2 unspecified atom stereocenters. The molecule has 7 heteroatoms. The van der Waals surface area contributed by atoms with E-state index in [2.05, 4.69) is 4.98 Å². The quantitative estimate of drug-likeness (QED) is 0.520. The van der Waals surface area contributed by atoms with Crippen molar-refractivity contribution in [3.05, 3.63) is 28.5 Å². The van der Waals surface area contributed by atoms with E-state index < -0.39 is 18.2 Å². The fourth-order valence-corrected chi connectivity index (χ4v) is 1.21. The summed E-state index contributed by atoms with van der Waals surface area (Å²) >= 11 is 5.51. The molecule has 0 spiro atoms. The molecule has 6 nitrogen and oxygen atoms in total. The van der Waals surface area contributed by atoms with Gasteiger partial charge in [0, 0.05) is 11.8 Å². The maximum absolute atomic E-state index is 10.7. The summed E-state index contributed by atoms with van der Waals surface area (Å²) < 4.78 is 0. The second-order valence-electron chi connectivity index (χ2n) is 2.93. The van der Waals surface area contributed by atoms with Gasteiger partial charge in [0.1, 0.15) is 11.3 Å². The third kappa shape index (κ3) is 2.46. The Morgan fingerprint density at radius 1 is 1.56 bits per heavy atom. The number of hydrogen-bond donors (Lipinski definition) is 3. The summed E-state index contributed by atoms with van der Waals surface area (Å²) in [6, 6.07) is 2.48. The van der Waals surface area contributed by atoms with E-state index in [-0.39, 0.29) is 16.3 Å².